The minimum Gasteiger partial charge on any atom is -0.397 e. The molecular weight excluding hydrogens is 286 g/mol. The summed E-state index contributed by atoms with van der Waals surface area (Å²) in [6.45, 7) is 0. The zero-order chi connectivity index (χ0) is 16.3. The number of anilines is 1. The maximum absolute atomic E-state index is 12.4. The SMILES string of the molecule is NC(=O)c1ccc([N+](=O)[O-])c(C(=O)Cc2ccccc2)c1N. The standard InChI is InChI=1S/C15H13N3O4/c16-14-10(15(17)20)6-7-11(18(21)22)13(14)12(19)8-9-4-2-1-3-5-9/h1-7H,8,16H2,(H2,17,20). The molecule has 0 aromatic heterocycles. The van der Waals surface area contributed by atoms with Crippen molar-refractivity contribution in [1.82, 2.24) is 0 Å². The van der Waals surface area contributed by atoms with Crippen molar-refractivity contribution in [2.75, 3.05) is 5.73 Å². The minimum atomic E-state index is -0.846. The van der Waals surface area contributed by atoms with Crippen LogP contribution < -0.4 is 11.5 Å². The number of rotatable bonds is 5. The number of ketones is 1. The van der Waals surface area contributed by atoms with Crippen molar-refractivity contribution in [2.24, 2.45) is 5.73 Å². The molecule has 0 heterocycles. The highest BCUT2D eigenvalue weighted by molar-refractivity contribution is 6.10. The number of carbonyl (C=O) groups is 2. The normalized spacial score (nSPS) is 10.2. The van der Waals surface area contributed by atoms with E-state index in [0.29, 0.717) is 5.56 Å². The first kappa shape index (κ1) is 15.2. The summed E-state index contributed by atoms with van der Waals surface area (Å²) < 4.78 is 0. The van der Waals surface area contributed by atoms with E-state index in [2.05, 4.69) is 0 Å². The number of nitrogens with zero attached hydrogens (tertiary/aromatic N) is 1. The average Bonchev–Trinajstić information content (AvgIpc) is 2.47. The van der Waals surface area contributed by atoms with Crippen LogP contribution in [0.25, 0.3) is 0 Å². The molecule has 112 valence electrons. The van der Waals surface area contributed by atoms with Gasteiger partial charge in [-0.25, -0.2) is 0 Å². The van der Waals surface area contributed by atoms with Crippen molar-refractivity contribution in [3.63, 3.8) is 0 Å². The second-order valence-electron chi connectivity index (χ2n) is 4.63. The molecule has 0 aliphatic heterocycles. The second-order valence-corrected chi connectivity index (χ2v) is 4.63. The fourth-order valence-corrected chi connectivity index (χ4v) is 2.14. The molecule has 0 unspecified atom stereocenters. The highest BCUT2D eigenvalue weighted by atomic mass is 16.6. The smallest absolute Gasteiger partial charge is 0.282 e. The Balaban J connectivity index is 2.51. The Hall–Kier alpha value is -3.22. The van der Waals surface area contributed by atoms with E-state index in [1.807, 2.05) is 0 Å². The third-order valence-corrected chi connectivity index (χ3v) is 3.17. The molecule has 0 spiro atoms. The van der Waals surface area contributed by atoms with Gasteiger partial charge in [-0.3, -0.25) is 19.7 Å². The summed E-state index contributed by atoms with van der Waals surface area (Å²) in [5.74, 6) is -1.39. The molecule has 0 bridgehead atoms. The van der Waals surface area contributed by atoms with Crippen LogP contribution in [-0.4, -0.2) is 16.6 Å². The van der Waals surface area contributed by atoms with Gasteiger partial charge in [-0.15, -0.1) is 0 Å². The fraction of sp³-hybridized carbons (Fsp3) is 0.0667. The van der Waals surface area contributed by atoms with E-state index in [0.717, 1.165) is 12.1 Å². The van der Waals surface area contributed by atoms with Gasteiger partial charge in [0.05, 0.1) is 16.2 Å². The van der Waals surface area contributed by atoms with E-state index in [9.17, 15) is 19.7 Å². The van der Waals surface area contributed by atoms with Crippen LogP contribution in [0.5, 0.6) is 0 Å². The number of primary amides is 1. The van der Waals surface area contributed by atoms with Crippen molar-refractivity contribution >= 4 is 23.1 Å². The molecule has 1 amide bonds. The first-order valence-electron chi connectivity index (χ1n) is 6.35. The zero-order valence-corrected chi connectivity index (χ0v) is 11.5. The molecule has 4 N–H and O–H groups in total. The molecule has 0 saturated carbocycles. The van der Waals surface area contributed by atoms with Crippen LogP contribution in [0.3, 0.4) is 0 Å². The summed E-state index contributed by atoms with van der Waals surface area (Å²) in [7, 11) is 0. The van der Waals surface area contributed by atoms with Crippen LogP contribution in [0.1, 0.15) is 26.3 Å². The van der Waals surface area contributed by atoms with Gasteiger partial charge in [-0.1, -0.05) is 30.3 Å². The van der Waals surface area contributed by atoms with Gasteiger partial charge < -0.3 is 11.5 Å². The maximum atomic E-state index is 12.4. The lowest BCUT2D eigenvalue weighted by Crippen LogP contribution is -2.18. The number of nitrogens with two attached hydrogens (primary N) is 2. The zero-order valence-electron chi connectivity index (χ0n) is 11.5. The summed E-state index contributed by atoms with van der Waals surface area (Å²) in [5.41, 5.74) is 10.5. The topological polar surface area (TPSA) is 129 Å². The maximum Gasteiger partial charge on any atom is 0.282 e. The van der Waals surface area contributed by atoms with Gasteiger partial charge >= 0.3 is 0 Å². The number of hydrogen-bond donors (Lipinski definition) is 2. The van der Waals surface area contributed by atoms with Crippen LogP contribution in [0.2, 0.25) is 0 Å². The molecule has 0 atom stereocenters. The van der Waals surface area contributed by atoms with Crippen molar-refractivity contribution in [3.05, 3.63) is 69.3 Å². The molecule has 22 heavy (non-hydrogen) atoms. The summed E-state index contributed by atoms with van der Waals surface area (Å²) in [6.07, 6.45) is -0.0614. The number of amides is 1. The molecule has 7 nitrogen and oxygen atoms in total. The summed E-state index contributed by atoms with van der Waals surface area (Å²) >= 11 is 0. The Morgan fingerprint density at radius 2 is 1.73 bits per heavy atom. The molecule has 2 aromatic carbocycles. The molecule has 7 heteroatoms. The molecule has 2 rings (SSSR count). The van der Waals surface area contributed by atoms with E-state index in [4.69, 9.17) is 11.5 Å². The van der Waals surface area contributed by atoms with Gasteiger partial charge in [0.15, 0.2) is 5.78 Å². The number of benzene rings is 2. The number of nitro groups is 1. The quantitative estimate of drug-likeness (QED) is 0.375. The van der Waals surface area contributed by atoms with E-state index >= 15 is 0 Å². The lowest BCUT2D eigenvalue weighted by Gasteiger charge is -2.09. The highest BCUT2D eigenvalue weighted by Crippen LogP contribution is 2.29. The first-order chi connectivity index (χ1) is 10.4. The lowest BCUT2D eigenvalue weighted by molar-refractivity contribution is -0.385. The first-order valence-corrected chi connectivity index (χ1v) is 6.35. The number of nitrogen functional groups attached to an aromatic ring is 1. The Kier molecular flexibility index (Phi) is 4.17. The number of Topliss-reactive ketones (excluding diaryl/α,β-unsaturated/α-hetero) is 1. The third-order valence-electron chi connectivity index (χ3n) is 3.17. The monoisotopic (exact) mass is 299 g/mol. The molecule has 0 radical (unpaired) electrons. The Bertz CT molecular complexity index is 757. The Morgan fingerprint density at radius 3 is 2.27 bits per heavy atom. The van der Waals surface area contributed by atoms with Gasteiger partial charge in [0.2, 0.25) is 0 Å². The van der Waals surface area contributed by atoms with Crippen molar-refractivity contribution in [3.8, 4) is 0 Å². The van der Waals surface area contributed by atoms with Crippen LogP contribution in [-0.2, 0) is 6.42 Å². The van der Waals surface area contributed by atoms with E-state index in [1.54, 1.807) is 30.3 Å². The summed E-state index contributed by atoms with van der Waals surface area (Å²) in [5, 5.41) is 11.1. The highest BCUT2D eigenvalue weighted by Gasteiger charge is 2.26. The van der Waals surface area contributed by atoms with Gasteiger partial charge in [0, 0.05) is 12.5 Å². The second kappa shape index (κ2) is 6.04. The average molecular weight is 299 g/mol. The lowest BCUT2D eigenvalue weighted by atomic mass is 9.97. The Labute approximate surface area is 125 Å². The van der Waals surface area contributed by atoms with Gasteiger partial charge in [-0.05, 0) is 11.6 Å². The molecule has 0 fully saturated rings. The number of nitro benzene ring substituents is 1. The van der Waals surface area contributed by atoms with Crippen LogP contribution in [0, 0.1) is 10.1 Å². The number of carbonyl (C=O) groups excluding carboxylic acids is 2. The van der Waals surface area contributed by atoms with Gasteiger partial charge in [-0.2, -0.15) is 0 Å². The van der Waals surface area contributed by atoms with E-state index < -0.39 is 22.3 Å². The minimum absolute atomic E-state index is 0.0614. The van der Waals surface area contributed by atoms with Crippen LogP contribution in [0.15, 0.2) is 42.5 Å². The van der Waals surface area contributed by atoms with Crippen LogP contribution >= 0.6 is 0 Å². The predicted molar refractivity (Wildman–Crippen MR) is 80.5 cm³/mol. The Morgan fingerprint density at radius 1 is 1.09 bits per heavy atom. The van der Waals surface area contributed by atoms with Crippen molar-refractivity contribution in [1.29, 1.82) is 0 Å². The molecular formula is C15H13N3O4. The largest absolute Gasteiger partial charge is 0.397 e. The molecule has 2 aromatic rings. The van der Waals surface area contributed by atoms with E-state index in [-0.39, 0.29) is 23.2 Å². The van der Waals surface area contributed by atoms with Crippen molar-refractivity contribution < 1.29 is 14.5 Å². The molecule has 0 aliphatic carbocycles. The summed E-state index contributed by atoms with van der Waals surface area (Å²) in [6, 6.07) is 10.9. The third kappa shape index (κ3) is 2.93. The van der Waals surface area contributed by atoms with Gasteiger partial charge in [0.25, 0.3) is 11.6 Å². The van der Waals surface area contributed by atoms with Crippen LogP contribution in [0.4, 0.5) is 11.4 Å². The van der Waals surface area contributed by atoms with Crippen molar-refractivity contribution in [2.45, 2.75) is 6.42 Å². The predicted octanol–water partition coefficient (Wildman–Crippen LogP) is 1.70. The number of hydrogen-bond acceptors (Lipinski definition) is 5. The van der Waals surface area contributed by atoms with E-state index in [1.165, 1.54) is 0 Å². The molecule has 0 aliphatic rings. The molecule has 0 saturated heterocycles. The summed E-state index contributed by atoms with van der Waals surface area (Å²) in [4.78, 5) is 34.1. The fourth-order valence-electron chi connectivity index (χ4n) is 2.14. The van der Waals surface area contributed by atoms with Gasteiger partial charge in [0.1, 0.15) is 5.56 Å².